The van der Waals surface area contributed by atoms with Crippen LogP contribution >= 0.6 is 0 Å². The summed E-state index contributed by atoms with van der Waals surface area (Å²) < 4.78 is 6.41. The molecule has 112 valence electrons. The Hall–Kier alpha value is -0.830. The highest BCUT2D eigenvalue weighted by Crippen LogP contribution is 2.50. The van der Waals surface area contributed by atoms with E-state index in [1.165, 1.54) is 0 Å². The highest BCUT2D eigenvalue weighted by molar-refractivity contribution is 5.97. The first-order chi connectivity index (χ1) is 9.30. The highest BCUT2D eigenvalue weighted by Gasteiger charge is 2.49. The van der Waals surface area contributed by atoms with E-state index in [0.29, 0.717) is 24.2 Å². The molecule has 0 amide bonds. The smallest absolute Gasteiger partial charge is 0.163 e. The number of allylic oxidation sites excluding steroid dienone is 2. The molecule has 3 heteroatoms. The molecule has 0 aromatic heterocycles. The van der Waals surface area contributed by atoms with Gasteiger partial charge >= 0.3 is 0 Å². The molecule has 1 saturated carbocycles. The Morgan fingerprint density at radius 1 is 1.30 bits per heavy atom. The molecule has 2 bridgehead atoms. The minimum absolute atomic E-state index is 0.0422. The zero-order chi connectivity index (χ0) is 14.5. The van der Waals surface area contributed by atoms with Gasteiger partial charge in [0.05, 0.1) is 0 Å². The molecule has 0 spiro atoms. The average Bonchev–Trinajstić information content (AvgIpc) is 2.23. The molecule has 2 aliphatic carbocycles. The molecule has 0 unspecified atom stereocenters. The van der Waals surface area contributed by atoms with Crippen molar-refractivity contribution in [3.8, 4) is 0 Å². The van der Waals surface area contributed by atoms with Crippen LogP contribution in [0, 0.1) is 11.3 Å². The van der Waals surface area contributed by atoms with Crippen molar-refractivity contribution in [2.24, 2.45) is 11.3 Å². The molecule has 3 rings (SSSR count). The van der Waals surface area contributed by atoms with Gasteiger partial charge in [-0.15, -0.1) is 0 Å². The summed E-state index contributed by atoms with van der Waals surface area (Å²) in [6.45, 7) is 8.68. The van der Waals surface area contributed by atoms with Crippen LogP contribution < -0.4 is 5.32 Å². The van der Waals surface area contributed by atoms with Gasteiger partial charge in [-0.25, -0.2) is 0 Å². The van der Waals surface area contributed by atoms with Crippen LogP contribution in [-0.2, 0) is 9.53 Å². The van der Waals surface area contributed by atoms with E-state index in [0.717, 1.165) is 43.4 Å². The molecule has 3 aliphatic rings. The lowest BCUT2D eigenvalue weighted by atomic mass is 9.68. The number of ketones is 1. The van der Waals surface area contributed by atoms with Crippen LogP contribution in [-0.4, -0.2) is 17.6 Å². The summed E-state index contributed by atoms with van der Waals surface area (Å²) in [5.41, 5.74) is 0.856. The molecule has 0 aromatic carbocycles. The SMILES string of the molecule is CC(C)N[C@]12CCC[C@@H](C1)C1=C(CC(C)(C)CC1=O)O2. The lowest BCUT2D eigenvalue weighted by Gasteiger charge is -2.50. The normalized spacial score (nSPS) is 35.9. The maximum Gasteiger partial charge on any atom is 0.163 e. The number of carbonyl (C=O) groups is 1. The van der Waals surface area contributed by atoms with E-state index in [-0.39, 0.29) is 11.1 Å². The molecule has 0 aromatic rings. The molecule has 20 heavy (non-hydrogen) atoms. The first-order valence-corrected chi connectivity index (χ1v) is 8.03. The van der Waals surface area contributed by atoms with Gasteiger partial charge in [-0.2, -0.15) is 0 Å². The molecule has 1 heterocycles. The molecule has 1 N–H and O–H groups in total. The molecule has 3 nitrogen and oxygen atoms in total. The van der Waals surface area contributed by atoms with Gasteiger partial charge in [0, 0.05) is 37.3 Å². The maximum atomic E-state index is 12.5. The number of carbonyl (C=O) groups excluding carboxylic acids is 1. The summed E-state index contributed by atoms with van der Waals surface area (Å²) in [6, 6.07) is 0.406. The number of Topliss-reactive ketones (excluding diaryl/α,β-unsaturated/α-hetero) is 1. The van der Waals surface area contributed by atoms with Gasteiger partial charge in [0.25, 0.3) is 0 Å². The highest BCUT2D eigenvalue weighted by atomic mass is 16.5. The molecular formula is C17H27NO2. The van der Waals surface area contributed by atoms with Gasteiger partial charge in [0.2, 0.25) is 0 Å². The van der Waals surface area contributed by atoms with Crippen LogP contribution in [0.2, 0.25) is 0 Å². The van der Waals surface area contributed by atoms with Crippen molar-refractivity contribution in [2.75, 3.05) is 0 Å². The van der Waals surface area contributed by atoms with E-state index in [1.807, 2.05) is 0 Å². The van der Waals surface area contributed by atoms with Crippen molar-refractivity contribution in [1.29, 1.82) is 0 Å². The number of fused-ring (bicyclic) bond motifs is 3. The largest absolute Gasteiger partial charge is 0.477 e. The van der Waals surface area contributed by atoms with Crippen molar-refractivity contribution >= 4 is 5.78 Å². The zero-order valence-electron chi connectivity index (χ0n) is 13.2. The molecule has 0 radical (unpaired) electrons. The van der Waals surface area contributed by atoms with Crippen LogP contribution in [0.3, 0.4) is 0 Å². The van der Waals surface area contributed by atoms with Crippen molar-refractivity contribution in [2.45, 2.75) is 78.0 Å². The fraction of sp³-hybridized carbons (Fsp3) is 0.824. The van der Waals surface area contributed by atoms with E-state index < -0.39 is 0 Å². The van der Waals surface area contributed by atoms with Crippen LogP contribution in [0.25, 0.3) is 0 Å². The summed E-state index contributed by atoms with van der Waals surface area (Å²) in [5, 5.41) is 3.63. The van der Waals surface area contributed by atoms with Gasteiger partial charge in [-0.3, -0.25) is 10.1 Å². The second-order valence-electron chi connectivity index (χ2n) is 7.97. The van der Waals surface area contributed by atoms with Gasteiger partial charge in [-0.05, 0) is 38.0 Å². The first-order valence-electron chi connectivity index (χ1n) is 8.03. The Bertz CT molecular complexity index is 464. The van der Waals surface area contributed by atoms with Crippen LogP contribution in [0.1, 0.15) is 66.2 Å². The van der Waals surface area contributed by atoms with E-state index in [1.54, 1.807) is 0 Å². The Kier molecular flexibility index (Phi) is 3.24. The fourth-order valence-electron chi connectivity index (χ4n) is 4.32. The average molecular weight is 277 g/mol. The predicted molar refractivity (Wildman–Crippen MR) is 79.1 cm³/mol. The Morgan fingerprint density at radius 2 is 2.05 bits per heavy atom. The third-order valence-corrected chi connectivity index (χ3v) is 4.87. The molecular weight excluding hydrogens is 250 g/mol. The number of nitrogens with one attached hydrogen (secondary N) is 1. The Balaban J connectivity index is 1.96. The van der Waals surface area contributed by atoms with Gasteiger partial charge in [0.1, 0.15) is 5.76 Å². The summed E-state index contributed by atoms with van der Waals surface area (Å²) in [7, 11) is 0. The maximum absolute atomic E-state index is 12.5. The summed E-state index contributed by atoms with van der Waals surface area (Å²) in [5.74, 6) is 1.75. The number of rotatable bonds is 2. The predicted octanol–water partition coefficient (Wildman–Crippen LogP) is 3.54. The minimum atomic E-state index is -0.219. The van der Waals surface area contributed by atoms with E-state index in [9.17, 15) is 4.79 Å². The van der Waals surface area contributed by atoms with E-state index >= 15 is 0 Å². The Morgan fingerprint density at radius 3 is 2.75 bits per heavy atom. The minimum Gasteiger partial charge on any atom is -0.477 e. The molecule has 2 atom stereocenters. The second kappa shape index (κ2) is 4.59. The molecule has 1 fully saturated rings. The molecule has 1 aliphatic heterocycles. The second-order valence-corrected chi connectivity index (χ2v) is 7.97. The van der Waals surface area contributed by atoms with Crippen molar-refractivity contribution in [3.05, 3.63) is 11.3 Å². The standard InChI is InChI=1S/C17H27NO2/c1-11(2)18-17-7-5-6-12(8-17)15-13(19)9-16(3,4)10-14(15)20-17/h11-12,18H,5-10H2,1-4H3/t12-,17-/m0/s1. The Labute approximate surface area is 122 Å². The van der Waals surface area contributed by atoms with Crippen LogP contribution in [0.5, 0.6) is 0 Å². The van der Waals surface area contributed by atoms with Crippen LogP contribution in [0.15, 0.2) is 11.3 Å². The summed E-state index contributed by atoms with van der Waals surface area (Å²) >= 11 is 0. The van der Waals surface area contributed by atoms with Crippen molar-refractivity contribution < 1.29 is 9.53 Å². The lowest BCUT2D eigenvalue weighted by molar-refractivity contribution is -0.129. The van der Waals surface area contributed by atoms with Crippen molar-refractivity contribution in [1.82, 2.24) is 5.32 Å². The molecule has 0 saturated heterocycles. The quantitative estimate of drug-likeness (QED) is 0.839. The number of ether oxygens (including phenoxy) is 1. The summed E-state index contributed by atoms with van der Waals surface area (Å²) in [6.07, 6.45) is 5.92. The van der Waals surface area contributed by atoms with Gasteiger partial charge < -0.3 is 4.74 Å². The monoisotopic (exact) mass is 277 g/mol. The van der Waals surface area contributed by atoms with E-state index in [4.69, 9.17) is 4.74 Å². The van der Waals surface area contributed by atoms with E-state index in [2.05, 4.69) is 33.0 Å². The fourth-order valence-corrected chi connectivity index (χ4v) is 4.32. The third kappa shape index (κ3) is 2.41. The van der Waals surface area contributed by atoms with Crippen molar-refractivity contribution in [3.63, 3.8) is 0 Å². The first kappa shape index (κ1) is 14.1. The van der Waals surface area contributed by atoms with Gasteiger partial charge in [-0.1, -0.05) is 13.8 Å². The number of hydrogen-bond acceptors (Lipinski definition) is 3. The zero-order valence-corrected chi connectivity index (χ0v) is 13.2. The third-order valence-electron chi connectivity index (χ3n) is 4.87. The summed E-state index contributed by atoms with van der Waals surface area (Å²) in [4.78, 5) is 12.5. The topological polar surface area (TPSA) is 38.3 Å². The van der Waals surface area contributed by atoms with Crippen LogP contribution in [0.4, 0.5) is 0 Å². The van der Waals surface area contributed by atoms with Gasteiger partial charge in [0.15, 0.2) is 11.5 Å². The number of hydrogen-bond donors (Lipinski definition) is 1. The lowest BCUT2D eigenvalue weighted by Crippen LogP contribution is -2.56.